The number of nitrogens with one attached hydrogen (secondary N) is 2. The van der Waals surface area contributed by atoms with Crippen molar-refractivity contribution in [3.63, 3.8) is 0 Å². The molecule has 2 N–H and O–H groups in total. The molecule has 0 aliphatic rings. The Bertz CT molecular complexity index is 1060. The third-order valence-electron chi connectivity index (χ3n) is 4.39. The number of carbonyl (C=O) groups excluding carboxylic acids is 1. The molecule has 28 heavy (non-hydrogen) atoms. The van der Waals surface area contributed by atoms with E-state index in [0.29, 0.717) is 0 Å². The molecule has 0 fully saturated rings. The summed E-state index contributed by atoms with van der Waals surface area (Å²) in [4.78, 5) is 12.9. The molecule has 144 valence electrons. The zero-order valence-electron chi connectivity index (χ0n) is 15.7. The van der Waals surface area contributed by atoms with E-state index in [1.807, 2.05) is 44.2 Å². The molecule has 0 radical (unpaired) electrons. The van der Waals surface area contributed by atoms with Gasteiger partial charge in [0.15, 0.2) is 0 Å². The minimum atomic E-state index is -3.80. The Morgan fingerprint density at radius 2 is 1.46 bits per heavy atom. The van der Waals surface area contributed by atoms with E-state index in [2.05, 4.69) is 10.0 Å². The zero-order chi connectivity index (χ0) is 20.1. The maximum Gasteiger partial charge on any atom is 0.261 e. The average molecular weight is 394 g/mol. The molecule has 0 saturated carbocycles. The summed E-state index contributed by atoms with van der Waals surface area (Å²) in [6, 6.07) is 22.5. The Morgan fingerprint density at radius 1 is 0.857 bits per heavy atom. The Hall–Kier alpha value is -3.12. The van der Waals surface area contributed by atoms with Gasteiger partial charge in [-0.2, -0.15) is 0 Å². The quantitative estimate of drug-likeness (QED) is 0.655. The summed E-state index contributed by atoms with van der Waals surface area (Å²) in [5.41, 5.74) is 2.43. The summed E-state index contributed by atoms with van der Waals surface area (Å²) in [5, 5.41) is 2.91. The number of benzene rings is 3. The lowest BCUT2D eigenvalue weighted by molar-refractivity contribution is 0.0941. The number of carbonyl (C=O) groups is 1. The zero-order valence-corrected chi connectivity index (χ0v) is 16.5. The number of hydrogen-bond acceptors (Lipinski definition) is 3. The fourth-order valence-corrected chi connectivity index (χ4v) is 3.87. The van der Waals surface area contributed by atoms with Crippen molar-refractivity contribution >= 4 is 21.6 Å². The van der Waals surface area contributed by atoms with Crippen LogP contribution in [0, 0.1) is 6.92 Å². The van der Waals surface area contributed by atoms with Gasteiger partial charge in [-0.15, -0.1) is 0 Å². The Morgan fingerprint density at radius 3 is 2.14 bits per heavy atom. The predicted molar refractivity (Wildman–Crippen MR) is 111 cm³/mol. The van der Waals surface area contributed by atoms with Gasteiger partial charge in [-0.25, -0.2) is 8.42 Å². The van der Waals surface area contributed by atoms with Crippen LogP contribution in [0.4, 0.5) is 5.69 Å². The summed E-state index contributed by atoms with van der Waals surface area (Å²) in [6.45, 7) is 3.77. The van der Waals surface area contributed by atoms with E-state index in [1.54, 1.807) is 36.4 Å². The minimum absolute atomic E-state index is 0.144. The van der Waals surface area contributed by atoms with Gasteiger partial charge in [0.05, 0.1) is 22.2 Å². The van der Waals surface area contributed by atoms with Crippen LogP contribution in [-0.2, 0) is 10.0 Å². The van der Waals surface area contributed by atoms with Crippen molar-refractivity contribution in [2.45, 2.75) is 24.8 Å². The first-order chi connectivity index (χ1) is 13.4. The summed E-state index contributed by atoms with van der Waals surface area (Å²) >= 11 is 0. The van der Waals surface area contributed by atoms with Crippen LogP contribution in [0.3, 0.4) is 0 Å². The van der Waals surface area contributed by atoms with Crippen LogP contribution in [0.15, 0.2) is 83.8 Å². The fraction of sp³-hybridized carbons (Fsp3) is 0.136. The molecule has 0 heterocycles. The minimum Gasteiger partial charge on any atom is -0.345 e. The molecule has 0 aromatic heterocycles. The molecule has 6 heteroatoms. The summed E-state index contributed by atoms with van der Waals surface area (Å²) in [6.07, 6.45) is 0. The predicted octanol–water partition coefficient (Wildman–Crippen LogP) is 4.29. The largest absolute Gasteiger partial charge is 0.345 e. The lowest BCUT2D eigenvalue weighted by Crippen LogP contribution is -2.28. The van der Waals surface area contributed by atoms with Gasteiger partial charge in [0.2, 0.25) is 0 Å². The molecule has 1 amide bonds. The maximum absolute atomic E-state index is 12.8. The standard InChI is InChI=1S/C22H22N2O3S/c1-16-12-14-19(15-13-16)28(26,27)24-21-11-7-6-10-20(21)22(25)23-17(2)18-8-4-3-5-9-18/h3-15,17,24H,1-2H3,(H,23,25)/t17-/m0/s1. The van der Waals surface area contributed by atoms with Gasteiger partial charge in [-0.1, -0.05) is 60.2 Å². The second-order valence-corrected chi connectivity index (χ2v) is 8.25. The van der Waals surface area contributed by atoms with Crippen molar-refractivity contribution in [3.8, 4) is 0 Å². The van der Waals surface area contributed by atoms with Gasteiger partial charge in [-0.3, -0.25) is 9.52 Å². The summed E-state index contributed by atoms with van der Waals surface area (Å²) in [7, 11) is -3.80. The second kappa shape index (κ2) is 8.27. The summed E-state index contributed by atoms with van der Waals surface area (Å²) < 4.78 is 27.9. The molecular weight excluding hydrogens is 372 g/mol. The van der Waals surface area contributed by atoms with E-state index < -0.39 is 10.0 Å². The van der Waals surface area contributed by atoms with E-state index in [-0.39, 0.29) is 28.1 Å². The molecule has 0 aliphatic heterocycles. The average Bonchev–Trinajstić information content (AvgIpc) is 2.69. The van der Waals surface area contributed by atoms with Crippen molar-refractivity contribution in [2.24, 2.45) is 0 Å². The number of rotatable bonds is 6. The van der Waals surface area contributed by atoms with Gasteiger partial charge < -0.3 is 5.32 Å². The monoisotopic (exact) mass is 394 g/mol. The van der Waals surface area contributed by atoms with E-state index in [4.69, 9.17) is 0 Å². The first-order valence-corrected chi connectivity index (χ1v) is 10.4. The van der Waals surface area contributed by atoms with Crippen LogP contribution in [0.25, 0.3) is 0 Å². The molecular formula is C22H22N2O3S. The van der Waals surface area contributed by atoms with E-state index >= 15 is 0 Å². The van der Waals surface area contributed by atoms with Crippen molar-refractivity contribution in [1.29, 1.82) is 0 Å². The maximum atomic E-state index is 12.8. The second-order valence-electron chi connectivity index (χ2n) is 6.57. The molecule has 0 saturated heterocycles. The van der Waals surface area contributed by atoms with Crippen LogP contribution in [-0.4, -0.2) is 14.3 Å². The molecule has 0 unspecified atom stereocenters. The van der Waals surface area contributed by atoms with Crippen molar-refractivity contribution in [2.75, 3.05) is 4.72 Å². The molecule has 3 aromatic rings. The van der Waals surface area contributed by atoms with Gasteiger partial charge in [0, 0.05) is 0 Å². The highest BCUT2D eigenvalue weighted by Crippen LogP contribution is 2.21. The number of hydrogen-bond donors (Lipinski definition) is 2. The number of para-hydroxylation sites is 1. The van der Waals surface area contributed by atoms with Crippen molar-refractivity contribution in [3.05, 3.63) is 95.6 Å². The Balaban J connectivity index is 1.83. The van der Waals surface area contributed by atoms with Crippen LogP contribution in [0.5, 0.6) is 0 Å². The highest BCUT2D eigenvalue weighted by molar-refractivity contribution is 7.92. The molecule has 0 aliphatic carbocycles. The van der Waals surface area contributed by atoms with Gasteiger partial charge >= 0.3 is 0 Å². The lowest BCUT2D eigenvalue weighted by atomic mass is 10.1. The summed E-state index contributed by atoms with van der Waals surface area (Å²) in [5.74, 6) is -0.349. The van der Waals surface area contributed by atoms with Crippen molar-refractivity contribution < 1.29 is 13.2 Å². The van der Waals surface area contributed by atoms with E-state index in [1.165, 1.54) is 12.1 Å². The van der Waals surface area contributed by atoms with E-state index in [0.717, 1.165) is 11.1 Å². The number of amides is 1. The molecule has 1 atom stereocenters. The molecule has 5 nitrogen and oxygen atoms in total. The Kier molecular flexibility index (Phi) is 5.80. The first-order valence-electron chi connectivity index (χ1n) is 8.91. The van der Waals surface area contributed by atoms with Crippen LogP contribution < -0.4 is 10.0 Å². The van der Waals surface area contributed by atoms with Crippen LogP contribution in [0.2, 0.25) is 0 Å². The fourth-order valence-electron chi connectivity index (χ4n) is 2.79. The van der Waals surface area contributed by atoms with Crippen LogP contribution >= 0.6 is 0 Å². The molecule has 3 aromatic carbocycles. The smallest absolute Gasteiger partial charge is 0.261 e. The van der Waals surface area contributed by atoms with Crippen LogP contribution in [0.1, 0.15) is 34.5 Å². The molecule has 0 spiro atoms. The van der Waals surface area contributed by atoms with E-state index in [9.17, 15) is 13.2 Å². The highest BCUT2D eigenvalue weighted by atomic mass is 32.2. The van der Waals surface area contributed by atoms with Gasteiger partial charge in [0.25, 0.3) is 15.9 Å². The topological polar surface area (TPSA) is 75.3 Å². The normalized spacial score (nSPS) is 12.2. The molecule has 0 bridgehead atoms. The number of aryl methyl sites for hydroxylation is 1. The third-order valence-corrected chi connectivity index (χ3v) is 5.78. The van der Waals surface area contributed by atoms with Gasteiger partial charge in [-0.05, 0) is 43.7 Å². The first kappa shape index (κ1) is 19.6. The number of sulfonamides is 1. The SMILES string of the molecule is Cc1ccc(S(=O)(=O)Nc2ccccc2C(=O)N[C@@H](C)c2ccccc2)cc1. The Labute approximate surface area is 165 Å². The van der Waals surface area contributed by atoms with Crippen molar-refractivity contribution in [1.82, 2.24) is 5.32 Å². The molecule has 3 rings (SSSR count). The van der Waals surface area contributed by atoms with Gasteiger partial charge in [0.1, 0.15) is 0 Å². The third kappa shape index (κ3) is 4.58. The lowest BCUT2D eigenvalue weighted by Gasteiger charge is -2.17. The highest BCUT2D eigenvalue weighted by Gasteiger charge is 2.19. The number of anilines is 1.